The number of ether oxygens (including phenoxy) is 2. The summed E-state index contributed by atoms with van der Waals surface area (Å²) in [7, 11) is 0. The number of halogens is 7. The summed E-state index contributed by atoms with van der Waals surface area (Å²) in [6, 6.07) is 3.04. The summed E-state index contributed by atoms with van der Waals surface area (Å²) >= 11 is 2.76. The Balaban J connectivity index is 2.86. The van der Waals surface area contributed by atoms with Crippen molar-refractivity contribution in [3.63, 3.8) is 0 Å². The second-order valence-electron chi connectivity index (χ2n) is 3.88. The Kier molecular flexibility index (Phi) is 5.68. The van der Waals surface area contributed by atoms with Crippen molar-refractivity contribution < 1.29 is 45.7 Å². The van der Waals surface area contributed by atoms with E-state index in [-0.39, 0.29) is 10.0 Å². The first-order valence-corrected chi connectivity index (χ1v) is 6.15. The van der Waals surface area contributed by atoms with Gasteiger partial charge in [0.05, 0.1) is 10.9 Å². The molecule has 0 aliphatic heterocycles. The van der Waals surface area contributed by atoms with Gasteiger partial charge in [-0.25, -0.2) is 9.13 Å². The van der Waals surface area contributed by atoms with Gasteiger partial charge in [0.25, 0.3) is 0 Å². The van der Waals surface area contributed by atoms with E-state index in [1.54, 1.807) is 0 Å². The van der Waals surface area contributed by atoms with E-state index in [4.69, 9.17) is 5.11 Å². The molecule has 1 aromatic carbocycles. The maximum atomic E-state index is 13.2. The predicted molar refractivity (Wildman–Crippen MR) is 63.1 cm³/mol. The zero-order valence-corrected chi connectivity index (χ0v) is 11.9. The van der Waals surface area contributed by atoms with E-state index in [0.29, 0.717) is 0 Å². The fourth-order valence-corrected chi connectivity index (χ4v) is 1.80. The molecule has 0 radical (unpaired) electrons. The summed E-state index contributed by atoms with van der Waals surface area (Å²) in [5, 5.41) is 8.56. The highest BCUT2D eigenvalue weighted by Gasteiger charge is 2.50. The van der Waals surface area contributed by atoms with Crippen LogP contribution >= 0.6 is 15.9 Å². The van der Waals surface area contributed by atoms with Crippen LogP contribution in [0.5, 0.6) is 5.75 Å². The highest BCUT2D eigenvalue weighted by Crippen LogP contribution is 2.35. The molecule has 124 valence electrons. The zero-order valence-electron chi connectivity index (χ0n) is 10.3. The van der Waals surface area contributed by atoms with Crippen LogP contribution < -0.4 is 4.74 Å². The van der Waals surface area contributed by atoms with Crippen molar-refractivity contribution in [2.45, 2.75) is 25.2 Å². The van der Waals surface area contributed by atoms with E-state index >= 15 is 0 Å². The Bertz CT molecular complexity index is 548. The van der Waals surface area contributed by atoms with Crippen LogP contribution in [0, 0.1) is 0 Å². The number of hydrogen-bond donors (Lipinski definition) is 1. The Morgan fingerprint density at radius 2 is 1.86 bits per heavy atom. The number of carboxylic acids is 1. The van der Waals surface area contributed by atoms with Crippen molar-refractivity contribution in [2.75, 3.05) is 0 Å². The van der Waals surface area contributed by atoms with Crippen LogP contribution in [0.25, 0.3) is 0 Å². The van der Waals surface area contributed by atoms with Gasteiger partial charge in [-0.1, -0.05) is 6.07 Å². The van der Waals surface area contributed by atoms with Crippen LogP contribution in [0.3, 0.4) is 0 Å². The molecule has 4 nitrogen and oxygen atoms in total. The Hall–Kier alpha value is -1.49. The van der Waals surface area contributed by atoms with E-state index in [9.17, 15) is 31.1 Å². The summed E-state index contributed by atoms with van der Waals surface area (Å²) in [4.78, 5) is 10.5. The average Bonchev–Trinajstić information content (AvgIpc) is 2.29. The summed E-state index contributed by atoms with van der Waals surface area (Å²) in [6.45, 7) is 0. The van der Waals surface area contributed by atoms with Gasteiger partial charge in [0.2, 0.25) is 0 Å². The van der Waals surface area contributed by atoms with Crippen molar-refractivity contribution in [3.05, 3.63) is 28.2 Å². The lowest BCUT2D eigenvalue weighted by Gasteiger charge is -2.22. The molecule has 0 fully saturated rings. The van der Waals surface area contributed by atoms with Crippen molar-refractivity contribution in [2.24, 2.45) is 0 Å². The molecule has 1 aromatic rings. The minimum atomic E-state index is -5.60. The van der Waals surface area contributed by atoms with Crippen molar-refractivity contribution >= 4 is 21.9 Å². The van der Waals surface area contributed by atoms with Crippen LogP contribution in [0.15, 0.2) is 22.7 Å². The van der Waals surface area contributed by atoms with Crippen LogP contribution in [0.2, 0.25) is 0 Å². The van der Waals surface area contributed by atoms with Gasteiger partial charge in [0.15, 0.2) is 0 Å². The number of carbonyl (C=O) groups is 1. The Morgan fingerprint density at radius 3 is 2.32 bits per heavy atom. The summed E-state index contributed by atoms with van der Waals surface area (Å²) in [6.07, 6.45) is -15.0. The fourth-order valence-electron chi connectivity index (χ4n) is 1.29. The molecule has 1 atom stereocenters. The van der Waals surface area contributed by atoms with Crippen LogP contribution in [-0.4, -0.2) is 29.9 Å². The van der Waals surface area contributed by atoms with Crippen molar-refractivity contribution in [1.82, 2.24) is 0 Å². The highest BCUT2D eigenvalue weighted by atomic mass is 79.9. The molecule has 0 saturated heterocycles. The first kappa shape index (κ1) is 18.6. The number of carboxylic acid groups (broad SMARTS) is 1. The predicted octanol–water partition coefficient (Wildman–Crippen LogP) is 3.88. The summed E-state index contributed by atoms with van der Waals surface area (Å²) in [5.41, 5.74) is 0.207. The second kappa shape index (κ2) is 6.73. The largest absolute Gasteiger partial charge is 0.525 e. The third kappa shape index (κ3) is 5.72. The van der Waals surface area contributed by atoms with Crippen molar-refractivity contribution in [3.8, 4) is 5.75 Å². The maximum absolute atomic E-state index is 13.2. The topological polar surface area (TPSA) is 55.8 Å². The lowest BCUT2D eigenvalue weighted by Crippen LogP contribution is -2.41. The molecule has 0 aliphatic carbocycles. The molecule has 1 rings (SSSR count). The van der Waals surface area contributed by atoms with E-state index in [1.165, 1.54) is 0 Å². The quantitative estimate of drug-likeness (QED) is 0.741. The first-order valence-electron chi connectivity index (χ1n) is 5.36. The van der Waals surface area contributed by atoms with Crippen LogP contribution in [0.1, 0.15) is 5.56 Å². The van der Waals surface area contributed by atoms with E-state index in [1.807, 2.05) is 0 Å². The molecule has 0 amide bonds. The zero-order chi connectivity index (χ0) is 17.1. The monoisotopic (exact) mass is 396 g/mol. The molecular formula is C11H7BrF6O4. The lowest BCUT2D eigenvalue weighted by atomic mass is 10.1. The number of aliphatic carboxylic acids is 1. The Labute approximate surface area is 127 Å². The van der Waals surface area contributed by atoms with Crippen LogP contribution in [-0.2, 0) is 16.0 Å². The molecule has 11 heteroatoms. The van der Waals surface area contributed by atoms with E-state index in [0.717, 1.165) is 18.2 Å². The SMILES string of the molecule is O=C(O)Cc1ccc(OC(F)(F)[C@H](F)OC(F)(F)F)c(Br)c1. The van der Waals surface area contributed by atoms with Gasteiger partial charge in [0, 0.05) is 0 Å². The maximum Gasteiger partial charge on any atom is 0.525 e. The molecule has 0 heterocycles. The highest BCUT2D eigenvalue weighted by molar-refractivity contribution is 9.10. The standard InChI is InChI=1S/C11H7BrF6O4/c12-6-3-5(4-8(19)20)1-2-7(6)21-10(14,15)9(13)22-11(16,17)18/h1-3,9H,4H2,(H,19,20)/t9-/m1/s1. The number of rotatable bonds is 6. The molecule has 0 bridgehead atoms. The van der Waals surface area contributed by atoms with Gasteiger partial charge >= 0.3 is 24.8 Å². The second-order valence-corrected chi connectivity index (χ2v) is 4.73. The molecular weight excluding hydrogens is 390 g/mol. The number of alkyl halides is 6. The van der Waals surface area contributed by atoms with Gasteiger partial charge < -0.3 is 9.84 Å². The molecule has 0 aromatic heterocycles. The molecule has 0 unspecified atom stereocenters. The molecule has 0 spiro atoms. The summed E-state index contributed by atoms with van der Waals surface area (Å²) < 4.78 is 80.6. The van der Waals surface area contributed by atoms with Gasteiger partial charge in [0.1, 0.15) is 5.75 Å². The average molecular weight is 397 g/mol. The summed E-state index contributed by atoms with van der Waals surface area (Å²) in [5.74, 6) is -1.87. The van der Waals surface area contributed by atoms with Crippen LogP contribution in [0.4, 0.5) is 26.3 Å². The molecule has 0 aliphatic rings. The molecule has 22 heavy (non-hydrogen) atoms. The van der Waals surface area contributed by atoms with Gasteiger partial charge in [-0.15, -0.1) is 13.2 Å². The van der Waals surface area contributed by atoms with E-state index < -0.39 is 37.0 Å². The fraction of sp³-hybridized carbons (Fsp3) is 0.364. The first-order chi connectivity index (χ1) is 9.90. The van der Waals surface area contributed by atoms with Gasteiger partial charge in [-0.2, -0.15) is 8.78 Å². The smallest absolute Gasteiger partial charge is 0.481 e. The lowest BCUT2D eigenvalue weighted by molar-refractivity contribution is -0.411. The molecule has 0 saturated carbocycles. The third-order valence-electron chi connectivity index (χ3n) is 2.10. The minimum Gasteiger partial charge on any atom is -0.481 e. The number of hydrogen-bond acceptors (Lipinski definition) is 3. The minimum absolute atomic E-state index is 0.190. The normalized spacial score (nSPS) is 13.8. The number of benzene rings is 1. The van der Waals surface area contributed by atoms with Crippen molar-refractivity contribution in [1.29, 1.82) is 0 Å². The molecule has 1 N–H and O–H groups in total. The third-order valence-corrected chi connectivity index (χ3v) is 2.72. The Morgan fingerprint density at radius 1 is 1.27 bits per heavy atom. The van der Waals surface area contributed by atoms with Gasteiger partial charge in [-0.3, -0.25) is 4.79 Å². The van der Waals surface area contributed by atoms with E-state index in [2.05, 4.69) is 25.4 Å². The van der Waals surface area contributed by atoms with Gasteiger partial charge in [-0.05, 0) is 33.6 Å².